The highest BCUT2D eigenvalue weighted by atomic mass is 32.1. The lowest BCUT2D eigenvalue weighted by molar-refractivity contribution is 0.129. The Bertz CT molecular complexity index is 216. The van der Waals surface area contributed by atoms with Gasteiger partial charge in [0.15, 0.2) is 0 Å². The smallest absolute Gasteiger partial charge is 0.0769 e. The zero-order chi connectivity index (χ0) is 16.5. The van der Waals surface area contributed by atoms with E-state index in [0.29, 0.717) is 0 Å². The molecule has 0 atom stereocenters. The molecule has 0 amide bonds. The Morgan fingerprint density at radius 1 is 0.591 bits per heavy atom. The summed E-state index contributed by atoms with van der Waals surface area (Å²) in [6, 6.07) is 0. The summed E-state index contributed by atoms with van der Waals surface area (Å²) in [7, 11) is 0. The number of rotatable bonds is 17. The van der Waals surface area contributed by atoms with Crippen molar-refractivity contribution in [3.05, 3.63) is 0 Å². The predicted molar refractivity (Wildman–Crippen MR) is 104 cm³/mol. The molecule has 0 aliphatic rings. The van der Waals surface area contributed by atoms with Gasteiger partial charge in [-0.1, -0.05) is 103 Å². The first-order valence-electron chi connectivity index (χ1n) is 9.95. The number of hydrogen-bond donors (Lipinski definition) is 1. The molecule has 0 fully saturated rings. The van der Waals surface area contributed by atoms with Gasteiger partial charge >= 0.3 is 0 Å². The molecule has 0 aromatic rings. The van der Waals surface area contributed by atoms with Crippen molar-refractivity contribution >= 4 is 12.9 Å². The van der Waals surface area contributed by atoms with Crippen molar-refractivity contribution in [2.45, 2.75) is 129 Å². The number of unbranched alkanes of at least 4 members (excludes halogenated alkanes) is 14. The normalized spacial score (nSPS) is 12.0. The van der Waals surface area contributed by atoms with E-state index in [1.54, 1.807) is 0 Å². The van der Waals surface area contributed by atoms with E-state index in [9.17, 15) is 0 Å². The van der Waals surface area contributed by atoms with Crippen LogP contribution in [0.1, 0.15) is 124 Å². The van der Waals surface area contributed by atoms with Gasteiger partial charge in [0.1, 0.15) is 0 Å². The van der Waals surface area contributed by atoms with Gasteiger partial charge in [0.05, 0.1) is 5.60 Å². The van der Waals surface area contributed by atoms with Crippen LogP contribution < -0.4 is 0 Å². The quantitative estimate of drug-likeness (QED) is 0.162. The first-order chi connectivity index (χ1) is 10.6. The molecule has 0 heterocycles. The number of hydrogen-bond acceptors (Lipinski definition) is 2. The molecule has 0 unspecified atom stereocenters. The van der Waals surface area contributed by atoms with Gasteiger partial charge < -0.3 is 4.18 Å². The molecular formula is C20H42OS. The van der Waals surface area contributed by atoms with Gasteiger partial charge in [0.25, 0.3) is 0 Å². The molecule has 0 aromatic carbocycles. The molecule has 0 bridgehead atoms. The van der Waals surface area contributed by atoms with Gasteiger partial charge in [-0.05, 0) is 33.2 Å². The number of thiol groups is 1. The first-order valence-corrected chi connectivity index (χ1v) is 10.3. The SMILES string of the molecule is CCCCCCCCCCCCCCCCCC(C)(C)OS. The minimum atomic E-state index is -0.0559. The predicted octanol–water partition coefficient (Wildman–Crippen LogP) is 7.89. The van der Waals surface area contributed by atoms with Crippen LogP contribution in [0.15, 0.2) is 0 Å². The Kier molecular flexibility index (Phi) is 16.4. The third kappa shape index (κ3) is 16.7. The average molecular weight is 331 g/mol. The van der Waals surface area contributed by atoms with E-state index in [2.05, 4.69) is 33.7 Å². The summed E-state index contributed by atoms with van der Waals surface area (Å²) in [5.74, 6) is 0. The van der Waals surface area contributed by atoms with E-state index in [-0.39, 0.29) is 5.60 Å². The fourth-order valence-corrected chi connectivity index (χ4v) is 3.06. The average Bonchev–Trinajstić information content (AvgIpc) is 2.51. The highest BCUT2D eigenvalue weighted by Crippen LogP contribution is 2.20. The maximum Gasteiger partial charge on any atom is 0.0769 e. The minimum Gasteiger partial charge on any atom is -0.313 e. The third-order valence-electron chi connectivity index (χ3n) is 4.63. The summed E-state index contributed by atoms with van der Waals surface area (Å²) in [5, 5.41) is 0. The molecule has 22 heavy (non-hydrogen) atoms. The minimum absolute atomic E-state index is 0.0559. The van der Waals surface area contributed by atoms with Crippen LogP contribution >= 0.6 is 12.9 Å². The van der Waals surface area contributed by atoms with Crippen molar-refractivity contribution in [3.8, 4) is 0 Å². The van der Waals surface area contributed by atoms with Crippen LogP contribution in [0.4, 0.5) is 0 Å². The van der Waals surface area contributed by atoms with Crippen LogP contribution in [0, 0.1) is 0 Å². The lowest BCUT2D eigenvalue weighted by atomic mass is 9.99. The van der Waals surface area contributed by atoms with E-state index >= 15 is 0 Å². The second-order valence-corrected chi connectivity index (χ2v) is 7.73. The molecule has 1 nitrogen and oxygen atoms in total. The van der Waals surface area contributed by atoms with Crippen molar-refractivity contribution in [2.24, 2.45) is 0 Å². The van der Waals surface area contributed by atoms with Gasteiger partial charge in [-0.15, -0.1) is 0 Å². The third-order valence-corrected chi connectivity index (χ3v) is 5.12. The lowest BCUT2D eigenvalue weighted by Crippen LogP contribution is -2.19. The fraction of sp³-hybridized carbons (Fsp3) is 1.00. The summed E-state index contributed by atoms with van der Waals surface area (Å²) in [5.41, 5.74) is -0.0559. The van der Waals surface area contributed by atoms with Gasteiger partial charge in [-0.2, -0.15) is 0 Å². The van der Waals surface area contributed by atoms with Crippen LogP contribution in [0.3, 0.4) is 0 Å². The zero-order valence-corrected chi connectivity index (χ0v) is 16.6. The van der Waals surface area contributed by atoms with E-state index in [1.807, 2.05) is 0 Å². The molecule has 0 N–H and O–H groups in total. The summed E-state index contributed by atoms with van der Waals surface area (Å²) in [6.07, 6.45) is 22.4. The van der Waals surface area contributed by atoms with Crippen molar-refractivity contribution in [1.82, 2.24) is 0 Å². The second-order valence-electron chi connectivity index (χ2n) is 7.55. The van der Waals surface area contributed by atoms with Crippen molar-refractivity contribution < 1.29 is 4.18 Å². The monoisotopic (exact) mass is 330 g/mol. The molecule has 0 aliphatic carbocycles. The Morgan fingerprint density at radius 2 is 0.909 bits per heavy atom. The second kappa shape index (κ2) is 16.2. The van der Waals surface area contributed by atoms with Gasteiger partial charge in [0, 0.05) is 0 Å². The Morgan fingerprint density at radius 3 is 1.23 bits per heavy atom. The molecule has 0 radical (unpaired) electrons. The molecule has 0 saturated carbocycles. The largest absolute Gasteiger partial charge is 0.313 e. The zero-order valence-electron chi connectivity index (χ0n) is 15.7. The van der Waals surface area contributed by atoms with Crippen molar-refractivity contribution in [2.75, 3.05) is 0 Å². The van der Waals surface area contributed by atoms with Gasteiger partial charge in [0.2, 0.25) is 0 Å². The van der Waals surface area contributed by atoms with Crippen LogP contribution in [0.5, 0.6) is 0 Å². The summed E-state index contributed by atoms with van der Waals surface area (Å²) in [4.78, 5) is 0. The van der Waals surface area contributed by atoms with Crippen molar-refractivity contribution in [3.63, 3.8) is 0 Å². The molecule has 0 saturated heterocycles. The van der Waals surface area contributed by atoms with Crippen molar-refractivity contribution in [1.29, 1.82) is 0 Å². The van der Waals surface area contributed by atoms with E-state index in [0.717, 1.165) is 6.42 Å². The van der Waals surface area contributed by atoms with Crippen LogP contribution in [0.2, 0.25) is 0 Å². The highest BCUT2D eigenvalue weighted by molar-refractivity contribution is 7.75. The lowest BCUT2D eigenvalue weighted by Gasteiger charge is -2.20. The van der Waals surface area contributed by atoms with Crippen LogP contribution in [-0.2, 0) is 4.18 Å². The van der Waals surface area contributed by atoms with Crippen LogP contribution in [0.25, 0.3) is 0 Å². The van der Waals surface area contributed by atoms with E-state index in [4.69, 9.17) is 4.18 Å². The van der Waals surface area contributed by atoms with Gasteiger partial charge in [-0.3, -0.25) is 0 Å². The Labute approximate surface area is 146 Å². The van der Waals surface area contributed by atoms with Crippen LogP contribution in [-0.4, -0.2) is 5.60 Å². The molecule has 134 valence electrons. The fourth-order valence-electron chi connectivity index (χ4n) is 2.97. The standard InChI is InChI=1S/C20H42OS/c1-4-5-6-7-8-9-10-11-12-13-14-15-16-17-18-19-20(2,3)21-22/h22H,4-19H2,1-3H3. The summed E-state index contributed by atoms with van der Waals surface area (Å²) < 4.78 is 5.15. The molecule has 0 spiro atoms. The summed E-state index contributed by atoms with van der Waals surface area (Å²) in [6.45, 7) is 6.52. The van der Waals surface area contributed by atoms with E-state index in [1.165, 1.54) is 96.3 Å². The maximum absolute atomic E-state index is 5.15. The van der Waals surface area contributed by atoms with Gasteiger partial charge in [-0.25, -0.2) is 0 Å². The summed E-state index contributed by atoms with van der Waals surface area (Å²) >= 11 is 3.93. The molecule has 0 rings (SSSR count). The molecule has 0 aromatic heterocycles. The maximum atomic E-state index is 5.15. The molecule has 2 heteroatoms. The molecular weight excluding hydrogens is 288 g/mol. The Balaban J connectivity index is 3.06. The molecule has 0 aliphatic heterocycles. The Hall–Kier alpha value is 0.310. The van der Waals surface area contributed by atoms with E-state index < -0.39 is 0 Å². The highest BCUT2D eigenvalue weighted by Gasteiger charge is 2.15. The first kappa shape index (κ1) is 22.3. The topological polar surface area (TPSA) is 9.23 Å².